The van der Waals surface area contributed by atoms with Crippen LogP contribution < -0.4 is 0 Å². The number of benzene rings is 2. The molecule has 1 aliphatic carbocycles. The van der Waals surface area contributed by atoms with Crippen LogP contribution in [0.3, 0.4) is 0 Å². The Kier molecular flexibility index (Phi) is 4.50. The van der Waals surface area contributed by atoms with Crippen molar-refractivity contribution in [1.29, 1.82) is 0 Å². The number of ketones is 2. The summed E-state index contributed by atoms with van der Waals surface area (Å²) in [6.07, 6.45) is 1.07. The van der Waals surface area contributed by atoms with Gasteiger partial charge in [-0.2, -0.15) is 0 Å². The van der Waals surface area contributed by atoms with Crippen LogP contribution in [0.1, 0.15) is 36.8 Å². The van der Waals surface area contributed by atoms with Gasteiger partial charge in [0.25, 0.3) is 0 Å². The van der Waals surface area contributed by atoms with Crippen molar-refractivity contribution in [2.45, 2.75) is 32.1 Å². The van der Waals surface area contributed by atoms with Crippen LogP contribution in [0.5, 0.6) is 0 Å². The van der Waals surface area contributed by atoms with E-state index in [1.54, 1.807) is 18.2 Å². The Bertz CT molecular complexity index is 806. The molecule has 2 aromatic carbocycles. The molecule has 5 heteroatoms. The van der Waals surface area contributed by atoms with Gasteiger partial charge in [0.15, 0.2) is 0 Å². The van der Waals surface area contributed by atoms with Crippen LogP contribution in [-0.2, 0) is 16.0 Å². The molecule has 1 saturated carbocycles. The SMILES string of the molecule is CCc1ccc(-c2c(F)cc(Cl)cc2F)cc1C1C(=O)CCC1=O. The maximum absolute atomic E-state index is 14.2. The van der Waals surface area contributed by atoms with Gasteiger partial charge in [0.1, 0.15) is 29.1 Å². The Morgan fingerprint density at radius 2 is 1.62 bits per heavy atom. The summed E-state index contributed by atoms with van der Waals surface area (Å²) < 4.78 is 28.4. The third kappa shape index (κ3) is 2.86. The molecule has 24 heavy (non-hydrogen) atoms. The molecule has 1 fully saturated rings. The molecule has 0 atom stereocenters. The van der Waals surface area contributed by atoms with Crippen LogP contribution >= 0.6 is 11.6 Å². The lowest BCUT2D eigenvalue weighted by Crippen LogP contribution is -2.14. The van der Waals surface area contributed by atoms with Gasteiger partial charge in [-0.3, -0.25) is 9.59 Å². The summed E-state index contributed by atoms with van der Waals surface area (Å²) in [5.74, 6) is -2.65. The van der Waals surface area contributed by atoms with Crippen LogP contribution in [0.25, 0.3) is 11.1 Å². The Morgan fingerprint density at radius 1 is 1.04 bits per heavy atom. The van der Waals surface area contributed by atoms with Gasteiger partial charge < -0.3 is 0 Å². The van der Waals surface area contributed by atoms with Gasteiger partial charge in [-0.25, -0.2) is 8.78 Å². The molecule has 0 amide bonds. The normalized spacial score (nSPS) is 15.3. The summed E-state index contributed by atoms with van der Waals surface area (Å²) in [6, 6.07) is 6.96. The van der Waals surface area contributed by atoms with Crippen molar-refractivity contribution in [2.24, 2.45) is 0 Å². The van der Waals surface area contributed by atoms with Crippen molar-refractivity contribution in [2.75, 3.05) is 0 Å². The number of hydrogen-bond acceptors (Lipinski definition) is 2. The molecule has 0 radical (unpaired) electrons. The van der Waals surface area contributed by atoms with Crippen LogP contribution in [0, 0.1) is 11.6 Å². The van der Waals surface area contributed by atoms with Gasteiger partial charge in [0, 0.05) is 17.9 Å². The van der Waals surface area contributed by atoms with E-state index in [-0.39, 0.29) is 35.0 Å². The van der Waals surface area contributed by atoms with Crippen molar-refractivity contribution >= 4 is 23.2 Å². The molecular formula is C19H15ClF2O2. The lowest BCUT2D eigenvalue weighted by molar-refractivity contribution is -0.123. The van der Waals surface area contributed by atoms with E-state index in [0.717, 1.165) is 17.7 Å². The first-order chi connectivity index (χ1) is 11.4. The van der Waals surface area contributed by atoms with Gasteiger partial charge in [-0.15, -0.1) is 0 Å². The zero-order chi connectivity index (χ0) is 17.4. The smallest absolute Gasteiger partial charge is 0.148 e. The van der Waals surface area contributed by atoms with E-state index < -0.39 is 17.6 Å². The predicted molar refractivity (Wildman–Crippen MR) is 88.2 cm³/mol. The maximum atomic E-state index is 14.2. The summed E-state index contributed by atoms with van der Waals surface area (Å²) >= 11 is 5.66. The third-order valence-corrected chi connectivity index (χ3v) is 4.61. The first-order valence-electron chi connectivity index (χ1n) is 7.75. The van der Waals surface area contributed by atoms with Crippen LogP contribution in [-0.4, -0.2) is 11.6 Å². The van der Waals surface area contributed by atoms with Gasteiger partial charge in [-0.05, 0) is 41.3 Å². The summed E-state index contributed by atoms with van der Waals surface area (Å²) in [6.45, 7) is 1.91. The number of carbonyl (C=O) groups is 2. The summed E-state index contributed by atoms with van der Waals surface area (Å²) in [5, 5.41) is -0.0275. The number of aryl methyl sites for hydroxylation is 1. The van der Waals surface area contributed by atoms with Crippen molar-refractivity contribution < 1.29 is 18.4 Å². The van der Waals surface area contributed by atoms with Crippen LogP contribution in [0.15, 0.2) is 30.3 Å². The van der Waals surface area contributed by atoms with Crippen molar-refractivity contribution in [1.82, 2.24) is 0 Å². The fourth-order valence-corrected chi connectivity index (χ4v) is 3.41. The topological polar surface area (TPSA) is 34.1 Å². The Balaban J connectivity index is 2.17. The molecule has 2 aromatic rings. The highest BCUT2D eigenvalue weighted by Gasteiger charge is 2.35. The number of rotatable bonds is 3. The van der Waals surface area contributed by atoms with E-state index in [4.69, 9.17) is 11.6 Å². The van der Waals surface area contributed by atoms with E-state index in [1.807, 2.05) is 6.92 Å². The molecule has 1 aliphatic rings. The van der Waals surface area contributed by atoms with E-state index in [9.17, 15) is 18.4 Å². The number of hydrogen-bond donors (Lipinski definition) is 0. The lowest BCUT2D eigenvalue weighted by Gasteiger charge is -2.15. The molecule has 0 aliphatic heterocycles. The molecule has 0 N–H and O–H groups in total. The Labute approximate surface area is 143 Å². The molecule has 0 heterocycles. The molecule has 0 bridgehead atoms. The zero-order valence-corrected chi connectivity index (χ0v) is 13.8. The number of carbonyl (C=O) groups excluding carboxylic acids is 2. The fraction of sp³-hybridized carbons (Fsp3) is 0.263. The first-order valence-corrected chi connectivity index (χ1v) is 8.13. The second-order valence-electron chi connectivity index (χ2n) is 5.88. The predicted octanol–water partition coefficient (Wildman–Crippen LogP) is 4.86. The van der Waals surface area contributed by atoms with E-state index >= 15 is 0 Å². The summed E-state index contributed by atoms with van der Waals surface area (Å²) in [4.78, 5) is 24.2. The number of Topliss-reactive ketones (excluding diaryl/α,β-unsaturated/α-hetero) is 2. The second kappa shape index (κ2) is 6.44. The average Bonchev–Trinajstić information content (AvgIpc) is 2.85. The van der Waals surface area contributed by atoms with Crippen LogP contribution in [0.2, 0.25) is 5.02 Å². The van der Waals surface area contributed by atoms with Crippen molar-refractivity contribution in [3.05, 3.63) is 58.1 Å². The molecule has 0 saturated heterocycles. The van der Waals surface area contributed by atoms with E-state index in [2.05, 4.69) is 0 Å². The van der Waals surface area contributed by atoms with Crippen LogP contribution in [0.4, 0.5) is 8.78 Å². The van der Waals surface area contributed by atoms with Crippen molar-refractivity contribution in [3.63, 3.8) is 0 Å². The third-order valence-electron chi connectivity index (χ3n) is 4.40. The molecule has 0 spiro atoms. The minimum Gasteiger partial charge on any atom is -0.299 e. The van der Waals surface area contributed by atoms with E-state index in [0.29, 0.717) is 17.5 Å². The second-order valence-corrected chi connectivity index (χ2v) is 6.31. The highest BCUT2D eigenvalue weighted by atomic mass is 35.5. The minimum absolute atomic E-state index is 0.0275. The number of halogens is 3. The maximum Gasteiger partial charge on any atom is 0.148 e. The quantitative estimate of drug-likeness (QED) is 0.742. The molecule has 124 valence electrons. The van der Waals surface area contributed by atoms with Gasteiger partial charge in [0.2, 0.25) is 0 Å². The average molecular weight is 349 g/mol. The Hall–Kier alpha value is -2.07. The highest BCUT2D eigenvalue weighted by molar-refractivity contribution is 6.30. The lowest BCUT2D eigenvalue weighted by atomic mass is 9.87. The molecular weight excluding hydrogens is 334 g/mol. The zero-order valence-electron chi connectivity index (χ0n) is 13.0. The van der Waals surface area contributed by atoms with Gasteiger partial charge in [0.05, 0.1) is 5.56 Å². The summed E-state index contributed by atoms with van der Waals surface area (Å²) in [7, 11) is 0. The molecule has 2 nitrogen and oxygen atoms in total. The summed E-state index contributed by atoms with van der Waals surface area (Å²) in [5.41, 5.74) is 1.47. The minimum atomic E-state index is -0.821. The van der Waals surface area contributed by atoms with Gasteiger partial charge >= 0.3 is 0 Å². The van der Waals surface area contributed by atoms with E-state index in [1.165, 1.54) is 0 Å². The highest BCUT2D eigenvalue weighted by Crippen LogP contribution is 2.35. The molecule has 3 rings (SSSR count). The van der Waals surface area contributed by atoms with Gasteiger partial charge in [-0.1, -0.05) is 30.7 Å². The first kappa shape index (κ1) is 16.8. The molecule has 0 unspecified atom stereocenters. The Morgan fingerprint density at radius 3 is 2.17 bits per heavy atom. The van der Waals surface area contributed by atoms with Crippen molar-refractivity contribution in [3.8, 4) is 11.1 Å². The fourth-order valence-electron chi connectivity index (χ4n) is 3.22. The molecule has 0 aromatic heterocycles. The monoisotopic (exact) mass is 348 g/mol. The standard InChI is InChI=1S/C19H15ClF2O2/c1-2-10-3-4-11(18-14(21)8-12(20)9-15(18)22)7-13(10)19-16(23)5-6-17(19)24/h3-4,7-9,19H,2,5-6H2,1H3. The largest absolute Gasteiger partial charge is 0.299 e.